The van der Waals surface area contributed by atoms with Crippen molar-refractivity contribution in [1.29, 1.82) is 5.26 Å². The van der Waals surface area contributed by atoms with Crippen molar-refractivity contribution in [2.75, 3.05) is 20.1 Å². The summed E-state index contributed by atoms with van der Waals surface area (Å²) >= 11 is 0. The average molecular weight is 373 g/mol. The highest BCUT2D eigenvalue weighted by atomic mass is 19.3. The second kappa shape index (κ2) is 10.2. The van der Waals surface area contributed by atoms with E-state index in [1.165, 1.54) is 12.1 Å². The molecule has 0 saturated carbocycles. The van der Waals surface area contributed by atoms with E-state index in [9.17, 15) is 13.6 Å². The molecule has 0 spiro atoms. The first-order valence-electron chi connectivity index (χ1n) is 8.44. The molecule has 0 aliphatic rings. The van der Waals surface area contributed by atoms with Crippen molar-refractivity contribution < 1.29 is 18.3 Å². The molecule has 0 bridgehead atoms. The van der Waals surface area contributed by atoms with Gasteiger partial charge in [0.1, 0.15) is 5.75 Å². The third-order valence-electron chi connectivity index (χ3n) is 3.81. The zero-order valence-corrected chi connectivity index (χ0v) is 15.0. The van der Waals surface area contributed by atoms with Gasteiger partial charge >= 0.3 is 6.61 Å². The van der Waals surface area contributed by atoms with Gasteiger partial charge in [0.15, 0.2) is 0 Å². The predicted octanol–water partition coefficient (Wildman–Crippen LogP) is 2.95. The summed E-state index contributed by atoms with van der Waals surface area (Å²) in [6, 6.07) is 15.7. The molecule has 5 nitrogen and oxygen atoms in total. The summed E-state index contributed by atoms with van der Waals surface area (Å²) < 4.78 is 28.5. The second-order valence-corrected chi connectivity index (χ2v) is 6.11. The summed E-state index contributed by atoms with van der Waals surface area (Å²) in [7, 11) is 1.83. The van der Waals surface area contributed by atoms with Gasteiger partial charge in [-0.25, -0.2) is 0 Å². The number of carbonyl (C=O) groups is 1. The van der Waals surface area contributed by atoms with Crippen LogP contribution in [0.3, 0.4) is 0 Å². The Morgan fingerprint density at radius 1 is 1.22 bits per heavy atom. The quantitative estimate of drug-likeness (QED) is 0.734. The van der Waals surface area contributed by atoms with Gasteiger partial charge in [-0.2, -0.15) is 14.0 Å². The molecular formula is C20H21F2N3O2. The lowest BCUT2D eigenvalue weighted by atomic mass is 10.1. The Labute approximate surface area is 157 Å². The molecule has 1 N–H and O–H groups in total. The standard InChI is InChI=1S/C20H21F2N3O2/c1-25(13-17-4-2-3-16(11-17)12-23)14-19(26)24-10-9-15-5-7-18(8-6-15)27-20(21)22/h2-8,11,20H,9-10,13-14H2,1H3,(H,24,26). The molecule has 0 saturated heterocycles. The van der Waals surface area contributed by atoms with Crippen LogP contribution in [0.25, 0.3) is 0 Å². The largest absolute Gasteiger partial charge is 0.435 e. The van der Waals surface area contributed by atoms with Gasteiger partial charge < -0.3 is 10.1 Å². The van der Waals surface area contributed by atoms with Crippen LogP contribution >= 0.6 is 0 Å². The molecule has 0 heterocycles. The number of ether oxygens (including phenoxy) is 1. The Morgan fingerprint density at radius 3 is 2.63 bits per heavy atom. The van der Waals surface area contributed by atoms with Crippen molar-refractivity contribution in [2.45, 2.75) is 19.6 Å². The van der Waals surface area contributed by atoms with Gasteiger partial charge in [-0.3, -0.25) is 9.69 Å². The molecule has 0 unspecified atom stereocenters. The Balaban J connectivity index is 1.71. The first-order valence-corrected chi connectivity index (χ1v) is 8.44. The fourth-order valence-electron chi connectivity index (χ4n) is 2.59. The number of rotatable bonds is 9. The molecule has 27 heavy (non-hydrogen) atoms. The Kier molecular flexibility index (Phi) is 7.71. The summed E-state index contributed by atoms with van der Waals surface area (Å²) in [5.41, 5.74) is 2.48. The summed E-state index contributed by atoms with van der Waals surface area (Å²) in [5, 5.41) is 11.8. The van der Waals surface area contributed by atoms with Crippen LogP contribution in [-0.2, 0) is 17.8 Å². The molecule has 0 aromatic heterocycles. The molecule has 0 aliphatic heterocycles. The third-order valence-corrected chi connectivity index (χ3v) is 3.81. The summed E-state index contributed by atoms with van der Waals surface area (Å²) in [6.45, 7) is -1.59. The third kappa shape index (κ3) is 7.42. The van der Waals surface area contributed by atoms with Crippen molar-refractivity contribution in [3.05, 3.63) is 65.2 Å². The number of nitriles is 1. The van der Waals surface area contributed by atoms with E-state index in [1.807, 2.05) is 24.1 Å². The maximum absolute atomic E-state index is 12.1. The molecule has 0 aliphatic carbocycles. The van der Waals surface area contributed by atoms with Crippen molar-refractivity contribution >= 4 is 5.91 Å². The van der Waals surface area contributed by atoms with Crippen LogP contribution < -0.4 is 10.1 Å². The van der Waals surface area contributed by atoms with Gasteiger partial charge in [-0.15, -0.1) is 0 Å². The number of nitrogens with zero attached hydrogens (tertiary/aromatic N) is 2. The lowest BCUT2D eigenvalue weighted by molar-refractivity contribution is -0.122. The number of hydrogen-bond donors (Lipinski definition) is 1. The SMILES string of the molecule is CN(CC(=O)NCCc1ccc(OC(F)F)cc1)Cc1cccc(C#N)c1. The zero-order valence-electron chi connectivity index (χ0n) is 15.0. The van der Waals surface area contributed by atoms with Crippen LogP contribution in [0.5, 0.6) is 5.75 Å². The minimum absolute atomic E-state index is 0.105. The van der Waals surface area contributed by atoms with Crippen molar-refractivity contribution in [3.63, 3.8) is 0 Å². The van der Waals surface area contributed by atoms with E-state index in [0.717, 1.165) is 11.1 Å². The fourth-order valence-corrected chi connectivity index (χ4v) is 2.59. The van der Waals surface area contributed by atoms with Gasteiger partial charge in [0.05, 0.1) is 18.2 Å². The summed E-state index contributed by atoms with van der Waals surface area (Å²) in [6.07, 6.45) is 0.592. The van der Waals surface area contributed by atoms with E-state index < -0.39 is 6.61 Å². The highest BCUT2D eigenvalue weighted by Gasteiger charge is 2.08. The average Bonchev–Trinajstić information content (AvgIpc) is 2.62. The molecule has 0 radical (unpaired) electrons. The van der Waals surface area contributed by atoms with E-state index in [4.69, 9.17) is 5.26 Å². The van der Waals surface area contributed by atoms with Crippen LogP contribution in [0.4, 0.5) is 8.78 Å². The topological polar surface area (TPSA) is 65.4 Å². The molecule has 142 valence electrons. The highest BCUT2D eigenvalue weighted by Crippen LogP contribution is 2.15. The minimum Gasteiger partial charge on any atom is -0.435 e. The predicted molar refractivity (Wildman–Crippen MR) is 97.3 cm³/mol. The number of alkyl halides is 2. The molecule has 7 heteroatoms. The van der Waals surface area contributed by atoms with Gasteiger partial charge in [0, 0.05) is 13.1 Å². The Hall–Kier alpha value is -2.98. The lowest BCUT2D eigenvalue weighted by Gasteiger charge is -2.16. The molecule has 2 aromatic rings. The maximum atomic E-state index is 12.1. The van der Waals surface area contributed by atoms with E-state index >= 15 is 0 Å². The van der Waals surface area contributed by atoms with Crippen molar-refractivity contribution in [1.82, 2.24) is 10.2 Å². The van der Waals surface area contributed by atoms with E-state index in [1.54, 1.807) is 24.3 Å². The molecule has 1 amide bonds. The fraction of sp³-hybridized carbons (Fsp3) is 0.300. The van der Waals surface area contributed by atoms with Crippen LogP contribution in [0.1, 0.15) is 16.7 Å². The second-order valence-electron chi connectivity index (χ2n) is 6.11. The number of benzene rings is 2. The van der Waals surface area contributed by atoms with E-state index in [2.05, 4.69) is 16.1 Å². The molecule has 2 aromatic carbocycles. The number of halogens is 2. The van der Waals surface area contributed by atoms with E-state index in [-0.39, 0.29) is 18.2 Å². The molecule has 0 fully saturated rings. The maximum Gasteiger partial charge on any atom is 0.387 e. The number of nitrogens with one attached hydrogen (secondary N) is 1. The van der Waals surface area contributed by atoms with Crippen molar-refractivity contribution in [3.8, 4) is 11.8 Å². The van der Waals surface area contributed by atoms with E-state index in [0.29, 0.717) is 25.1 Å². The zero-order chi connectivity index (χ0) is 19.6. The van der Waals surface area contributed by atoms with Gasteiger partial charge in [-0.1, -0.05) is 24.3 Å². The minimum atomic E-state index is -2.84. The molecule has 2 rings (SSSR count). The Morgan fingerprint density at radius 2 is 1.96 bits per heavy atom. The first-order chi connectivity index (χ1) is 13.0. The summed E-state index contributed by atoms with van der Waals surface area (Å²) in [5.74, 6) is 0.00599. The van der Waals surface area contributed by atoms with Crippen LogP contribution in [0, 0.1) is 11.3 Å². The van der Waals surface area contributed by atoms with Gasteiger partial charge in [-0.05, 0) is 48.9 Å². The monoisotopic (exact) mass is 373 g/mol. The Bertz CT molecular complexity index is 789. The highest BCUT2D eigenvalue weighted by molar-refractivity contribution is 5.77. The van der Waals surface area contributed by atoms with Gasteiger partial charge in [0.25, 0.3) is 0 Å². The number of amides is 1. The summed E-state index contributed by atoms with van der Waals surface area (Å²) in [4.78, 5) is 13.9. The molecule has 0 atom stereocenters. The first kappa shape index (κ1) is 20.3. The molecular weight excluding hydrogens is 352 g/mol. The van der Waals surface area contributed by atoms with Crippen LogP contribution in [-0.4, -0.2) is 37.6 Å². The normalized spacial score (nSPS) is 10.7. The van der Waals surface area contributed by atoms with Gasteiger partial charge in [0.2, 0.25) is 5.91 Å². The lowest BCUT2D eigenvalue weighted by Crippen LogP contribution is -2.35. The van der Waals surface area contributed by atoms with Crippen LogP contribution in [0.15, 0.2) is 48.5 Å². The number of hydrogen-bond acceptors (Lipinski definition) is 4. The number of carbonyl (C=O) groups excluding carboxylic acids is 1. The number of likely N-dealkylation sites (N-methyl/N-ethyl adjacent to an activating group) is 1. The van der Waals surface area contributed by atoms with Crippen molar-refractivity contribution in [2.24, 2.45) is 0 Å². The smallest absolute Gasteiger partial charge is 0.387 e. The van der Waals surface area contributed by atoms with Crippen LogP contribution in [0.2, 0.25) is 0 Å².